The van der Waals surface area contributed by atoms with E-state index in [4.69, 9.17) is 4.74 Å². The van der Waals surface area contributed by atoms with E-state index >= 15 is 0 Å². The van der Waals surface area contributed by atoms with E-state index < -0.39 is 10.0 Å². The van der Waals surface area contributed by atoms with E-state index in [9.17, 15) is 13.2 Å². The number of fused-ring (bicyclic) bond motifs is 4. The highest BCUT2D eigenvalue weighted by Gasteiger charge is 2.56. The molecule has 5 rings (SSSR count). The van der Waals surface area contributed by atoms with Crippen LogP contribution >= 0.6 is 0 Å². The monoisotopic (exact) mass is 456 g/mol. The number of benzene rings is 1. The number of carbonyl (C=O) groups is 1. The normalized spacial score (nSPS) is 23.9. The number of carbonyl (C=O) groups excluding carboxylic acids is 1. The number of amides is 1. The van der Waals surface area contributed by atoms with Crippen LogP contribution in [0.15, 0.2) is 41.4 Å². The first-order chi connectivity index (χ1) is 15.2. The van der Waals surface area contributed by atoms with Crippen LogP contribution in [0.5, 0.6) is 5.88 Å². The summed E-state index contributed by atoms with van der Waals surface area (Å²) in [7, 11) is -3.95. The van der Waals surface area contributed by atoms with Gasteiger partial charge in [-0.1, -0.05) is 19.9 Å². The molecule has 32 heavy (non-hydrogen) atoms. The molecule has 1 N–H and O–H groups in total. The van der Waals surface area contributed by atoms with E-state index in [-0.39, 0.29) is 41.3 Å². The lowest BCUT2D eigenvalue weighted by atomic mass is 9.75. The van der Waals surface area contributed by atoms with Crippen molar-refractivity contribution < 1.29 is 17.9 Å². The molecule has 2 saturated carbocycles. The van der Waals surface area contributed by atoms with Gasteiger partial charge in [0, 0.05) is 23.9 Å². The highest BCUT2D eigenvalue weighted by Crippen LogP contribution is 2.62. The molecule has 170 valence electrons. The maximum absolute atomic E-state index is 13.8. The van der Waals surface area contributed by atoms with Crippen LogP contribution in [-0.2, 0) is 10.0 Å². The van der Waals surface area contributed by atoms with Crippen LogP contribution in [0, 0.1) is 11.3 Å². The molecule has 1 aromatic carbocycles. The summed E-state index contributed by atoms with van der Waals surface area (Å²) in [4.78, 5) is 24.0. The second-order valence-corrected chi connectivity index (χ2v) is 11.4. The van der Waals surface area contributed by atoms with Gasteiger partial charge in [-0.05, 0) is 61.6 Å². The van der Waals surface area contributed by atoms with Crippen LogP contribution in [0.25, 0.3) is 0 Å². The molecular weight excluding hydrogens is 428 g/mol. The Morgan fingerprint density at radius 3 is 2.75 bits per heavy atom. The molecule has 1 unspecified atom stereocenters. The number of nitrogens with zero attached hydrogens (tertiary/aromatic N) is 3. The van der Waals surface area contributed by atoms with Crippen LogP contribution in [0.3, 0.4) is 0 Å². The minimum Gasteiger partial charge on any atom is -0.475 e. The second kappa shape index (κ2) is 7.72. The summed E-state index contributed by atoms with van der Waals surface area (Å²) in [5, 5.41) is 0. The third-order valence-corrected chi connectivity index (χ3v) is 8.06. The Labute approximate surface area is 188 Å². The Hall–Kier alpha value is -2.68. The molecule has 1 aromatic heterocycles. The van der Waals surface area contributed by atoms with Crippen molar-refractivity contribution in [3.05, 3.63) is 42.1 Å². The molecule has 3 aliphatic rings. The second-order valence-electron chi connectivity index (χ2n) is 9.72. The lowest BCUT2D eigenvalue weighted by molar-refractivity contribution is 0.00918. The topological polar surface area (TPSA) is 101 Å². The molecule has 1 amide bonds. The van der Waals surface area contributed by atoms with Crippen molar-refractivity contribution in [3.63, 3.8) is 0 Å². The quantitative estimate of drug-likeness (QED) is 0.759. The zero-order chi connectivity index (χ0) is 22.5. The lowest BCUT2D eigenvalue weighted by Gasteiger charge is -2.47. The number of anilines is 1. The first-order valence-electron chi connectivity index (χ1n) is 11.2. The van der Waals surface area contributed by atoms with Crippen LogP contribution < -0.4 is 9.46 Å². The SMILES string of the molecule is CC(C)CC1COc2ccnc(n2)NS(=O)(=O)c2cccc(c2)C(=O)N1C1CC2(CC2)C1. The van der Waals surface area contributed by atoms with Gasteiger partial charge in [-0.3, -0.25) is 4.79 Å². The molecule has 9 heteroatoms. The summed E-state index contributed by atoms with van der Waals surface area (Å²) >= 11 is 0. The fourth-order valence-electron chi connectivity index (χ4n) is 4.94. The molecular formula is C23H28N4O4S. The first kappa shape index (κ1) is 21.2. The molecule has 8 nitrogen and oxygen atoms in total. The Morgan fingerprint density at radius 2 is 2.03 bits per heavy atom. The highest BCUT2D eigenvalue weighted by atomic mass is 32.2. The summed E-state index contributed by atoms with van der Waals surface area (Å²) in [5.74, 6) is 0.426. The zero-order valence-electron chi connectivity index (χ0n) is 18.3. The number of hydrogen-bond acceptors (Lipinski definition) is 6. The molecule has 1 spiro atoms. The summed E-state index contributed by atoms with van der Waals surface area (Å²) in [6.07, 6.45) is 6.72. The molecule has 1 atom stereocenters. The lowest BCUT2D eigenvalue weighted by Crippen LogP contribution is -2.55. The van der Waals surface area contributed by atoms with Gasteiger partial charge in [-0.25, -0.2) is 18.1 Å². The largest absolute Gasteiger partial charge is 0.475 e. The molecule has 2 aromatic rings. The van der Waals surface area contributed by atoms with Gasteiger partial charge >= 0.3 is 0 Å². The average Bonchev–Trinajstić information content (AvgIpc) is 3.52. The van der Waals surface area contributed by atoms with Gasteiger partial charge < -0.3 is 9.64 Å². The maximum Gasteiger partial charge on any atom is 0.264 e. The standard InChI is InChI=1S/C23H28N4O4S/c1-15(2)10-17-14-31-20-6-9-24-22(25-20)26-32(29,30)19-5-3-4-16(11-19)21(28)27(17)18-12-23(13-18)7-8-23/h3-6,9,11,15,17-18H,7-8,10,12-14H2,1-2H3,(H,24,25,26). The minimum absolute atomic E-state index is 0.00477. The summed E-state index contributed by atoms with van der Waals surface area (Å²) in [6, 6.07) is 7.80. The van der Waals surface area contributed by atoms with Crippen LogP contribution in [0.1, 0.15) is 56.3 Å². The molecule has 2 heterocycles. The van der Waals surface area contributed by atoms with Crippen molar-refractivity contribution in [1.29, 1.82) is 0 Å². The maximum atomic E-state index is 13.8. The fraction of sp³-hybridized carbons (Fsp3) is 0.522. The van der Waals surface area contributed by atoms with Crippen LogP contribution in [0.4, 0.5) is 5.95 Å². The van der Waals surface area contributed by atoms with Crippen LogP contribution in [0.2, 0.25) is 0 Å². The predicted molar refractivity (Wildman–Crippen MR) is 119 cm³/mol. The summed E-state index contributed by atoms with van der Waals surface area (Å²) in [5.41, 5.74) is 0.789. The van der Waals surface area contributed by atoms with Gasteiger partial charge in [0.1, 0.15) is 6.61 Å². The van der Waals surface area contributed by atoms with Crippen molar-refractivity contribution >= 4 is 21.9 Å². The smallest absolute Gasteiger partial charge is 0.264 e. The fourth-order valence-corrected chi connectivity index (χ4v) is 5.93. The molecule has 4 bridgehead atoms. The van der Waals surface area contributed by atoms with E-state index in [1.165, 1.54) is 31.2 Å². The Bertz CT molecular complexity index is 1140. The first-order valence-corrected chi connectivity index (χ1v) is 12.6. The van der Waals surface area contributed by atoms with Crippen molar-refractivity contribution in [2.45, 2.75) is 62.9 Å². The molecule has 0 saturated heterocycles. The van der Waals surface area contributed by atoms with E-state index in [1.54, 1.807) is 18.2 Å². The van der Waals surface area contributed by atoms with Crippen LogP contribution in [-0.4, -0.2) is 47.9 Å². The van der Waals surface area contributed by atoms with E-state index in [0.717, 1.165) is 19.3 Å². The Balaban J connectivity index is 1.59. The van der Waals surface area contributed by atoms with Crippen molar-refractivity contribution in [2.75, 3.05) is 11.3 Å². The predicted octanol–water partition coefficient (Wildman–Crippen LogP) is 3.47. The number of aromatic nitrogens is 2. The molecule has 0 radical (unpaired) electrons. The van der Waals surface area contributed by atoms with Gasteiger partial charge in [-0.15, -0.1) is 0 Å². The number of ether oxygens (including phenoxy) is 1. The molecule has 2 aliphatic carbocycles. The summed E-state index contributed by atoms with van der Waals surface area (Å²) in [6.45, 7) is 4.55. The minimum atomic E-state index is -3.95. The van der Waals surface area contributed by atoms with Gasteiger partial charge in [0.05, 0.1) is 10.9 Å². The van der Waals surface area contributed by atoms with E-state index in [2.05, 4.69) is 28.5 Å². The number of sulfonamides is 1. The molecule has 1 aliphatic heterocycles. The third kappa shape index (κ3) is 4.05. The Morgan fingerprint density at radius 1 is 1.25 bits per heavy atom. The van der Waals surface area contributed by atoms with Gasteiger partial charge in [0.15, 0.2) is 0 Å². The third-order valence-electron chi connectivity index (χ3n) is 6.73. The van der Waals surface area contributed by atoms with Gasteiger partial charge in [0.2, 0.25) is 11.8 Å². The van der Waals surface area contributed by atoms with Gasteiger partial charge in [-0.2, -0.15) is 4.98 Å². The van der Waals surface area contributed by atoms with Crippen molar-refractivity contribution in [1.82, 2.24) is 14.9 Å². The number of rotatable bonds is 3. The number of nitrogens with one attached hydrogen (secondary N) is 1. The average molecular weight is 457 g/mol. The number of hydrogen-bond donors (Lipinski definition) is 1. The van der Waals surface area contributed by atoms with Crippen molar-refractivity contribution in [2.24, 2.45) is 11.3 Å². The van der Waals surface area contributed by atoms with E-state index in [1.807, 2.05) is 4.90 Å². The van der Waals surface area contributed by atoms with Crippen molar-refractivity contribution in [3.8, 4) is 5.88 Å². The zero-order valence-corrected chi connectivity index (χ0v) is 19.1. The summed E-state index contributed by atoms with van der Waals surface area (Å²) < 4.78 is 34.2. The molecule has 2 fully saturated rings. The van der Waals surface area contributed by atoms with Gasteiger partial charge in [0.25, 0.3) is 15.9 Å². The Kier molecular flexibility index (Phi) is 5.11. The van der Waals surface area contributed by atoms with E-state index in [0.29, 0.717) is 16.9 Å². The highest BCUT2D eigenvalue weighted by molar-refractivity contribution is 7.92.